The Morgan fingerprint density at radius 2 is 1.92 bits per heavy atom. The van der Waals surface area contributed by atoms with Gasteiger partial charge >= 0.3 is 0 Å². The Balaban J connectivity index is 0.000000561. The van der Waals surface area contributed by atoms with Gasteiger partial charge in [-0.1, -0.05) is 13.8 Å². The highest BCUT2D eigenvalue weighted by atomic mass is 16.5. The maximum absolute atomic E-state index is 11.0. The normalized spacial score (nSPS) is 16.8. The van der Waals surface area contributed by atoms with Crippen molar-refractivity contribution in [1.82, 2.24) is 5.32 Å². The Bertz CT molecular complexity index is 185. The lowest BCUT2D eigenvalue weighted by Gasteiger charge is -2.00. The average Bonchev–Trinajstić information content (AvgIpc) is 2.24. The van der Waals surface area contributed by atoms with Crippen LogP contribution in [0, 0.1) is 0 Å². The highest BCUT2D eigenvalue weighted by molar-refractivity contribution is 5.93. The van der Waals surface area contributed by atoms with Gasteiger partial charge in [0.05, 0.1) is 12.1 Å². The van der Waals surface area contributed by atoms with E-state index in [4.69, 9.17) is 4.74 Å². The number of allylic oxidation sites excluding steroid dienone is 1. The second-order valence-corrected chi connectivity index (χ2v) is 2.29. The van der Waals surface area contributed by atoms with Gasteiger partial charge in [0.2, 0.25) is 5.91 Å². The number of amides is 1. The minimum atomic E-state index is -0.0185. The lowest BCUT2D eigenvalue weighted by atomic mass is 10.2. The van der Waals surface area contributed by atoms with Gasteiger partial charge in [-0.25, -0.2) is 0 Å². The van der Waals surface area contributed by atoms with E-state index in [0.29, 0.717) is 18.7 Å². The first kappa shape index (κ1) is 11.0. The molecule has 1 heterocycles. The van der Waals surface area contributed by atoms with Crippen LogP contribution in [-0.4, -0.2) is 19.1 Å². The zero-order valence-electron chi connectivity index (χ0n) is 8.23. The summed E-state index contributed by atoms with van der Waals surface area (Å²) in [5.41, 5.74) is 0.678. The molecule has 0 spiro atoms. The van der Waals surface area contributed by atoms with Gasteiger partial charge in [0.15, 0.2) is 0 Å². The van der Waals surface area contributed by atoms with Gasteiger partial charge in [-0.2, -0.15) is 0 Å². The van der Waals surface area contributed by atoms with E-state index in [2.05, 4.69) is 5.32 Å². The molecule has 0 atom stereocenters. The third-order valence-electron chi connectivity index (χ3n) is 1.57. The fourth-order valence-electron chi connectivity index (χ4n) is 0.769. The van der Waals surface area contributed by atoms with Crippen molar-refractivity contribution in [2.75, 3.05) is 13.2 Å². The Kier molecular flexibility index (Phi) is 5.17. The molecular formula is C9H17NO2. The van der Waals surface area contributed by atoms with Crippen molar-refractivity contribution in [3.63, 3.8) is 0 Å². The lowest BCUT2D eigenvalue weighted by Crippen LogP contribution is -2.24. The van der Waals surface area contributed by atoms with Gasteiger partial charge in [0.25, 0.3) is 0 Å². The first-order valence-corrected chi connectivity index (χ1v) is 4.30. The Hall–Kier alpha value is -0.990. The van der Waals surface area contributed by atoms with Gasteiger partial charge in [-0.3, -0.25) is 4.79 Å². The molecule has 3 nitrogen and oxygen atoms in total. The van der Waals surface area contributed by atoms with Gasteiger partial charge in [0, 0.05) is 0 Å². The number of hydrogen-bond donors (Lipinski definition) is 1. The van der Waals surface area contributed by atoms with E-state index in [1.54, 1.807) is 13.8 Å². The molecule has 0 unspecified atom stereocenters. The molecule has 0 aromatic carbocycles. The van der Waals surface area contributed by atoms with Crippen molar-refractivity contribution < 1.29 is 9.53 Å². The second-order valence-electron chi connectivity index (χ2n) is 2.29. The number of ether oxygens (including phenoxy) is 1. The van der Waals surface area contributed by atoms with E-state index in [1.165, 1.54) is 0 Å². The van der Waals surface area contributed by atoms with Crippen LogP contribution in [0.2, 0.25) is 0 Å². The summed E-state index contributed by atoms with van der Waals surface area (Å²) >= 11 is 0. The number of hydrogen-bond acceptors (Lipinski definition) is 2. The first-order valence-electron chi connectivity index (χ1n) is 4.30. The van der Waals surface area contributed by atoms with Crippen molar-refractivity contribution in [3.8, 4) is 0 Å². The maximum Gasteiger partial charge on any atom is 0.250 e. The molecule has 1 rings (SSSR count). The van der Waals surface area contributed by atoms with Gasteiger partial charge in [-0.05, 0) is 13.8 Å². The molecule has 1 aliphatic rings. The summed E-state index contributed by atoms with van der Waals surface area (Å²) in [7, 11) is 0. The highest BCUT2D eigenvalue weighted by Crippen LogP contribution is 2.06. The molecule has 1 N–H and O–H groups in total. The number of rotatable bonds is 0. The molecule has 3 heteroatoms. The molecule has 0 fully saturated rings. The molecule has 0 aromatic heterocycles. The lowest BCUT2D eigenvalue weighted by molar-refractivity contribution is -0.117. The van der Waals surface area contributed by atoms with Crippen LogP contribution in [0.4, 0.5) is 0 Å². The predicted octanol–water partition coefficient (Wildman–Crippen LogP) is 1.45. The van der Waals surface area contributed by atoms with E-state index >= 15 is 0 Å². The second kappa shape index (κ2) is 5.63. The molecule has 1 amide bonds. The summed E-state index contributed by atoms with van der Waals surface area (Å²) in [6.07, 6.45) is 0. The number of carbonyl (C=O) groups is 1. The topological polar surface area (TPSA) is 38.3 Å². The molecule has 12 heavy (non-hydrogen) atoms. The minimum absolute atomic E-state index is 0.0185. The standard InChI is InChI=1S/C7H11NO2.C2H6/c1-5-6(2)10-4-3-8-7(5)9;1-2/h3-4H2,1-2H3,(H,8,9);1-2H3. The summed E-state index contributed by atoms with van der Waals surface area (Å²) < 4.78 is 5.18. The summed E-state index contributed by atoms with van der Waals surface area (Å²) in [4.78, 5) is 11.0. The van der Waals surface area contributed by atoms with Crippen molar-refractivity contribution in [2.24, 2.45) is 0 Å². The Morgan fingerprint density at radius 3 is 2.50 bits per heavy atom. The van der Waals surface area contributed by atoms with Crippen LogP contribution in [0.1, 0.15) is 27.7 Å². The largest absolute Gasteiger partial charge is 0.496 e. The van der Waals surface area contributed by atoms with E-state index in [1.807, 2.05) is 13.8 Å². The Morgan fingerprint density at radius 1 is 1.33 bits per heavy atom. The van der Waals surface area contributed by atoms with Crippen LogP contribution in [0.3, 0.4) is 0 Å². The zero-order chi connectivity index (χ0) is 9.56. The zero-order valence-corrected chi connectivity index (χ0v) is 8.23. The molecule has 0 radical (unpaired) electrons. The van der Waals surface area contributed by atoms with Crippen molar-refractivity contribution in [1.29, 1.82) is 0 Å². The average molecular weight is 171 g/mol. The molecule has 1 aliphatic heterocycles. The van der Waals surface area contributed by atoms with Crippen molar-refractivity contribution in [2.45, 2.75) is 27.7 Å². The third-order valence-corrected chi connectivity index (χ3v) is 1.57. The fraction of sp³-hybridized carbons (Fsp3) is 0.667. The fourth-order valence-corrected chi connectivity index (χ4v) is 0.769. The minimum Gasteiger partial charge on any atom is -0.496 e. The summed E-state index contributed by atoms with van der Waals surface area (Å²) in [5, 5.41) is 2.70. The maximum atomic E-state index is 11.0. The van der Waals surface area contributed by atoms with Gasteiger partial charge < -0.3 is 10.1 Å². The van der Waals surface area contributed by atoms with Crippen LogP contribution in [0.15, 0.2) is 11.3 Å². The van der Waals surface area contributed by atoms with Crippen LogP contribution in [0.5, 0.6) is 0 Å². The quantitative estimate of drug-likeness (QED) is 0.599. The number of nitrogens with one attached hydrogen (secondary N) is 1. The molecule has 70 valence electrons. The first-order chi connectivity index (χ1) is 5.72. The van der Waals surface area contributed by atoms with Crippen LogP contribution in [0.25, 0.3) is 0 Å². The van der Waals surface area contributed by atoms with E-state index < -0.39 is 0 Å². The SMILES string of the molecule is CC.CC1=C(C)C(=O)NCCO1. The van der Waals surface area contributed by atoms with E-state index in [9.17, 15) is 4.79 Å². The molecular weight excluding hydrogens is 154 g/mol. The van der Waals surface area contributed by atoms with Crippen LogP contribution in [-0.2, 0) is 9.53 Å². The molecule has 0 bridgehead atoms. The summed E-state index contributed by atoms with van der Waals surface area (Å²) in [6, 6.07) is 0. The van der Waals surface area contributed by atoms with Gasteiger partial charge in [-0.15, -0.1) is 0 Å². The molecule has 0 saturated carbocycles. The van der Waals surface area contributed by atoms with E-state index in [-0.39, 0.29) is 5.91 Å². The van der Waals surface area contributed by atoms with Crippen LogP contribution >= 0.6 is 0 Å². The predicted molar refractivity (Wildman–Crippen MR) is 48.7 cm³/mol. The third kappa shape index (κ3) is 2.95. The molecule has 0 aliphatic carbocycles. The molecule has 0 aromatic rings. The number of carbonyl (C=O) groups excluding carboxylic acids is 1. The van der Waals surface area contributed by atoms with Crippen molar-refractivity contribution >= 4 is 5.91 Å². The summed E-state index contributed by atoms with van der Waals surface area (Å²) in [5.74, 6) is 0.713. The van der Waals surface area contributed by atoms with Crippen LogP contribution < -0.4 is 5.32 Å². The van der Waals surface area contributed by atoms with Gasteiger partial charge in [0.1, 0.15) is 12.4 Å². The smallest absolute Gasteiger partial charge is 0.250 e. The monoisotopic (exact) mass is 171 g/mol. The van der Waals surface area contributed by atoms with E-state index in [0.717, 1.165) is 5.76 Å². The highest BCUT2D eigenvalue weighted by Gasteiger charge is 2.11. The molecule has 0 saturated heterocycles. The Labute approximate surface area is 73.8 Å². The summed E-state index contributed by atoms with van der Waals surface area (Å²) in [6.45, 7) is 8.75. The van der Waals surface area contributed by atoms with Crippen molar-refractivity contribution in [3.05, 3.63) is 11.3 Å².